The molecule has 0 aromatic rings. The molecule has 0 saturated heterocycles. The van der Waals surface area contributed by atoms with E-state index >= 15 is 0 Å². The first-order chi connectivity index (χ1) is 6.41. The van der Waals surface area contributed by atoms with Gasteiger partial charge in [-0.2, -0.15) is 0 Å². The minimum absolute atomic E-state index is 0.837. The van der Waals surface area contributed by atoms with Crippen LogP contribution in [0.1, 0.15) is 44.9 Å². The highest BCUT2D eigenvalue weighted by Crippen LogP contribution is 2.07. The van der Waals surface area contributed by atoms with Gasteiger partial charge in [-0.25, -0.2) is 0 Å². The number of carbonyl (C=O) groups excluding carboxylic acids is 1. The second-order valence-corrected chi connectivity index (χ2v) is 3.20. The Morgan fingerprint density at radius 3 is 2.15 bits per heavy atom. The first-order valence-electron chi connectivity index (χ1n) is 5.13. The van der Waals surface area contributed by atoms with Crippen molar-refractivity contribution in [3.8, 4) is 0 Å². The fraction of sp³-hybridized carbons (Fsp3) is 0.583. The van der Waals surface area contributed by atoms with Crippen LogP contribution in [0.4, 0.5) is 0 Å². The van der Waals surface area contributed by atoms with Crippen molar-refractivity contribution in [2.75, 3.05) is 0 Å². The summed E-state index contributed by atoms with van der Waals surface area (Å²) in [7, 11) is 0. The van der Waals surface area contributed by atoms with Gasteiger partial charge >= 0.3 is 0 Å². The van der Waals surface area contributed by atoms with E-state index in [1.54, 1.807) is 6.08 Å². The van der Waals surface area contributed by atoms with Crippen molar-refractivity contribution in [2.24, 2.45) is 0 Å². The van der Waals surface area contributed by atoms with Gasteiger partial charge < -0.3 is 0 Å². The normalized spacial score (nSPS) is 10.5. The van der Waals surface area contributed by atoms with Gasteiger partial charge in [0.15, 0.2) is 0 Å². The van der Waals surface area contributed by atoms with Gasteiger partial charge in [-0.05, 0) is 31.8 Å². The summed E-state index contributed by atoms with van der Waals surface area (Å²) in [5.74, 6) is 0. The number of allylic oxidation sites excluding steroid dienone is 3. The Morgan fingerprint density at radius 1 is 0.923 bits per heavy atom. The lowest BCUT2D eigenvalue weighted by Crippen LogP contribution is -1.78. The summed E-state index contributed by atoms with van der Waals surface area (Å²) in [4.78, 5) is 9.92. The summed E-state index contributed by atoms with van der Waals surface area (Å²) >= 11 is 0. The van der Waals surface area contributed by atoms with Crippen molar-refractivity contribution >= 4 is 6.29 Å². The maximum atomic E-state index is 9.92. The van der Waals surface area contributed by atoms with E-state index in [4.69, 9.17) is 0 Å². The molecule has 0 aliphatic heterocycles. The molecule has 0 heterocycles. The largest absolute Gasteiger partial charge is 0.299 e. The predicted molar refractivity (Wildman–Crippen MR) is 57.7 cm³/mol. The minimum atomic E-state index is 0.837. The van der Waals surface area contributed by atoms with Gasteiger partial charge in [-0.1, -0.05) is 31.4 Å². The molecule has 1 heteroatoms. The summed E-state index contributed by atoms with van der Waals surface area (Å²) in [5.41, 5.74) is 0. The van der Waals surface area contributed by atoms with Crippen molar-refractivity contribution in [3.63, 3.8) is 0 Å². The number of aldehydes is 1. The molecule has 74 valence electrons. The Kier molecular flexibility index (Phi) is 10.4. The molecule has 0 fully saturated rings. The summed E-state index contributed by atoms with van der Waals surface area (Å²) in [6.45, 7) is 3.69. The highest BCUT2D eigenvalue weighted by atomic mass is 16.1. The molecule has 0 rings (SSSR count). The first kappa shape index (κ1) is 12.2. The van der Waals surface area contributed by atoms with Crippen LogP contribution in [-0.2, 0) is 4.79 Å². The molecular formula is C12H20O. The minimum Gasteiger partial charge on any atom is -0.299 e. The van der Waals surface area contributed by atoms with Crippen LogP contribution < -0.4 is 0 Å². The van der Waals surface area contributed by atoms with E-state index in [-0.39, 0.29) is 0 Å². The zero-order valence-electron chi connectivity index (χ0n) is 8.37. The maximum absolute atomic E-state index is 9.92. The summed E-state index contributed by atoms with van der Waals surface area (Å²) in [5, 5.41) is 0. The number of rotatable bonds is 9. The fourth-order valence-electron chi connectivity index (χ4n) is 1.23. The molecule has 0 radical (unpaired) electrons. The third kappa shape index (κ3) is 11.1. The maximum Gasteiger partial charge on any atom is 0.142 e. The van der Waals surface area contributed by atoms with Gasteiger partial charge in [0.25, 0.3) is 0 Å². The van der Waals surface area contributed by atoms with E-state index in [1.807, 2.05) is 12.2 Å². The van der Waals surface area contributed by atoms with Crippen LogP contribution in [0.25, 0.3) is 0 Å². The number of unbranched alkanes of at least 4 members (excludes halogenated alkanes) is 6. The average molecular weight is 180 g/mol. The molecule has 0 aromatic carbocycles. The van der Waals surface area contributed by atoms with E-state index in [0.717, 1.165) is 19.1 Å². The molecule has 13 heavy (non-hydrogen) atoms. The van der Waals surface area contributed by atoms with Crippen LogP contribution in [0, 0.1) is 0 Å². The van der Waals surface area contributed by atoms with Crippen molar-refractivity contribution in [1.82, 2.24) is 0 Å². The molecule has 0 bridgehead atoms. The quantitative estimate of drug-likeness (QED) is 0.229. The SMILES string of the molecule is C=CCCCCCCCC=CC=O. The van der Waals surface area contributed by atoms with Crippen LogP contribution in [0.15, 0.2) is 24.8 Å². The Balaban J connectivity index is 2.95. The number of carbonyl (C=O) groups is 1. The van der Waals surface area contributed by atoms with Crippen LogP contribution in [0.5, 0.6) is 0 Å². The van der Waals surface area contributed by atoms with Crippen molar-refractivity contribution < 1.29 is 4.79 Å². The standard InChI is InChI=1S/C12H20O/c1-2-3-4-5-6-7-8-9-10-11-12-13/h2,10-12H,1,3-9H2. The molecule has 0 spiro atoms. The van der Waals surface area contributed by atoms with Crippen molar-refractivity contribution in [3.05, 3.63) is 24.8 Å². The van der Waals surface area contributed by atoms with E-state index < -0.39 is 0 Å². The molecular weight excluding hydrogens is 160 g/mol. The van der Waals surface area contributed by atoms with E-state index in [2.05, 4.69) is 6.58 Å². The Labute approximate surface area is 81.5 Å². The Hall–Kier alpha value is -0.850. The first-order valence-corrected chi connectivity index (χ1v) is 5.13. The second-order valence-electron chi connectivity index (χ2n) is 3.20. The van der Waals surface area contributed by atoms with Gasteiger partial charge in [-0.3, -0.25) is 4.79 Å². The van der Waals surface area contributed by atoms with Crippen LogP contribution in [0.3, 0.4) is 0 Å². The van der Waals surface area contributed by atoms with Gasteiger partial charge in [0.1, 0.15) is 6.29 Å². The number of hydrogen-bond acceptors (Lipinski definition) is 1. The van der Waals surface area contributed by atoms with Gasteiger partial charge in [0.2, 0.25) is 0 Å². The predicted octanol–water partition coefficient (Wildman–Crippen LogP) is 3.66. The Bertz CT molecular complexity index is 147. The monoisotopic (exact) mass is 180 g/mol. The molecule has 0 saturated carbocycles. The topological polar surface area (TPSA) is 17.1 Å². The number of hydrogen-bond donors (Lipinski definition) is 0. The lowest BCUT2D eigenvalue weighted by molar-refractivity contribution is -0.104. The lowest BCUT2D eigenvalue weighted by atomic mass is 10.1. The molecule has 0 aliphatic rings. The fourth-order valence-corrected chi connectivity index (χ4v) is 1.23. The average Bonchev–Trinajstić information content (AvgIpc) is 2.16. The zero-order valence-corrected chi connectivity index (χ0v) is 8.37. The molecule has 0 aromatic heterocycles. The molecule has 0 unspecified atom stereocenters. The van der Waals surface area contributed by atoms with Crippen LogP contribution >= 0.6 is 0 Å². The lowest BCUT2D eigenvalue weighted by Gasteiger charge is -1.97. The highest BCUT2D eigenvalue weighted by Gasteiger charge is 1.87. The third-order valence-corrected chi connectivity index (χ3v) is 1.99. The van der Waals surface area contributed by atoms with Gasteiger partial charge in [0, 0.05) is 0 Å². The van der Waals surface area contributed by atoms with Gasteiger partial charge in [0.05, 0.1) is 0 Å². The highest BCUT2D eigenvalue weighted by molar-refractivity contribution is 5.64. The van der Waals surface area contributed by atoms with Gasteiger partial charge in [-0.15, -0.1) is 6.58 Å². The van der Waals surface area contributed by atoms with E-state index in [9.17, 15) is 4.79 Å². The van der Waals surface area contributed by atoms with Crippen molar-refractivity contribution in [1.29, 1.82) is 0 Å². The van der Waals surface area contributed by atoms with Crippen LogP contribution in [0.2, 0.25) is 0 Å². The van der Waals surface area contributed by atoms with E-state index in [0.29, 0.717) is 0 Å². The third-order valence-electron chi connectivity index (χ3n) is 1.99. The molecule has 0 N–H and O–H groups in total. The smallest absolute Gasteiger partial charge is 0.142 e. The van der Waals surface area contributed by atoms with Crippen molar-refractivity contribution in [2.45, 2.75) is 44.9 Å². The molecule has 1 nitrogen and oxygen atoms in total. The summed E-state index contributed by atoms with van der Waals surface area (Å²) in [6.07, 6.45) is 14.9. The second kappa shape index (κ2) is 11.2. The van der Waals surface area contributed by atoms with Crippen LogP contribution in [-0.4, -0.2) is 6.29 Å². The zero-order chi connectivity index (χ0) is 9.78. The Morgan fingerprint density at radius 2 is 1.54 bits per heavy atom. The molecule has 0 amide bonds. The van der Waals surface area contributed by atoms with E-state index in [1.165, 1.54) is 32.1 Å². The summed E-state index contributed by atoms with van der Waals surface area (Å²) in [6, 6.07) is 0. The molecule has 0 atom stereocenters. The molecule has 0 aliphatic carbocycles. The summed E-state index contributed by atoms with van der Waals surface area (Å²) < 4.78 is 0.